The third kappa shape index (κ3) is 4.27. The van der Waals surface area contributed by atoms with E-state index in [-0.39, 0.29) is 11.3 Å². The van der Waals surface area contributed by atoms with Gasteiger partial charge in [0.05, 0.1) is 11.8 Å². The van der Waals surface area contributed by atoms with Gasteiger partial charge in [-0.25, -0.2) is 4.79 Å². The maximum absolute atomic E-state index is 12.5. The summed E-state index contributed by atoms with van der Waals surface area (Å²) in [6.45, 7) is 1.78. The van der Waals surface area contributed by atoms with Crippen molar-refractivity contribution in [1.29, 1.82) is 0 Å². The molecule has 142 valence electrons. The average molecular weight is 378 g/mol. The number of aryl methyl sites for hydroxylation is 1. The highest BCUT2D eigenvalue weighted by molar-refractivity contribution is 6.03. The lowest BCUT2D eigenvalue weighted by atomic mass is 10.1. The Hall–Kier alpha value is -3.87. The van der Waals surface area contributed by atoms with Crippen molar-refractivity contribution in [3.63, 3.8) is 0 Å². The lowest BCUT2D eigenvalue weighted by molar-refractivity contribution is -0.127. The van der Waals surface area contributed by atoms with Crippen molar-refractivity contribution in [2.75, 3.05) is 5.32 Å². The molecule has 0 unspecified atom stereocenters. The number of ether oxygens (including phenoxy) is 1. The second-order valence-corrected chi connectivity index (χ2v) is 6.06. The molecule has 0 saturated heterocycles. The number of amides is 2. The van der Waals surface area contributed by atoms with E-state index in [1.165, 1.54) is 18.4 Å². The SMILES string of the molecule is Cc1ccc(C(=O)O[C@H](C(N)=O)c2ccccc2)cc1NC(=O)c1ccco1. The molecular weight excluding hydrogens is 360 g/mol. The predicted octanol–water partition coefficient (Wildman–Crippen LogP) is 3.22. The van der Waals surface area contributed by atoms with E-state index in [0.29, 0.717) is 11.3 Å². The highest BCUT2D eigenvalue weighted by Crippen LogP contribution is 2.22. The van der Waals surface area contributed by atoms with Gasteiger partial charge < -0.3 is 20.2 Å². The Balaban J connectivity index is 1.80. The van der Waals surface area contributed by atoms with E-state index in [1.54, 1.807) is 55.5 Å². The first-order chi connectivity index (χ1) is 13.5. The lowest BCUT2D eigenvalue weighted by Crippen LogP contribution is -2.26. The van der Waals surface area contributed by atoms with Crippen LogP contribution >= 0.6 is 0 Å². The van der Waals surface area contributed by atoms with Crippen molar-refractivity contribution in [2.24, 2.45) is 5.73 Å². The van der Waals surface area contributed by atoms with E-state index < -0.39 is 23.9 Å². The fourth-order valence-corrected chi connectivity index (χ4v) is 2.57. The minimum atomic E-state index is -1.21. The number of carbonyl (C=O) groups excluding carboxylic acids is 3. The fourth-order valence-electron chi connectivity index (χ4n) is 2.57. The first-order valence-electron chi connectivity index (χ1n) is 8.46. The Labute approximate surface area is 161 Å². The van der Waals surface area contributed by atoms with E-state index in [9.17, 15) is 14.4 Å². The maximum Gasteiger partial charge on any atom is 0.339 e. The molecule has 2 aromatic carbocycles. The third-order valence-electron chi connectivity index (χ3n) is 4.05. The molecule has 7 heteroatoms. The van der Waals surface area contributed by atoms with Gasteiger partial charge in [-0.05, 0) is 36.8 Å². The van der Waals surface area contributed by atoms with Crippen LogP contribution in [0.4, 0.5) is 5.69 Å². The molecule has 0 radical (unpaired) electrons. The fraction of sp³-hybridized carbons (Fsp3) is 0.0952. The number of primary amides is 1. The highest BCUT2D eigenvalue weighted by atomic mass is 16.5. The molecule has 1 heterocycles. The van der Waals surface area contributed by atoms with Gasteiger partial charge in [0.15, 0.2) is 5.76 Å². The van der Waals surface area contributed by atoms with Crippen molar-refractivity contribution in [1.82, 2.24) is 0 Å². The van der Waals surface area contributed by atoms with Crippen LogP contribution in [0.2, 0.25) is 0 Å². The third-order valence-corrected chi connectivity index (χ3v) is 4.05. The van der Waals surface area contributed by atoms with Gasteiger partial charge in [-0.15, -0.1) is 0 Å². The smallest absolute Gasteiger partial charge is 0.339 e. The van der Waals surface area contributed by atoms with E-state index in [2.05, 4.69) is 5.32 Å². The highest BCUT2D eigenvalue weighted by Gasteiger charge is 2.23. The Morgan fingerprint density at radius 3 is 2.43 bits per heavy atom. The molecule has 0 aliphatic carbocycles. The van der Waals surface area contributed by atoms with Crippen LogP contribution in [0.15, 0.2) is 71.3 Å². The number of rotatable bonds is 6. The zero-order chi connectivity index (χ0) is 20.1. The molecule has 1 aromatic heterocycles. The molecule has 2 amide bonds. The van der Waals surface area contributed by atoms with Crippen LogP contribution in [-0.4, -0.2) is 17.8 Å². The molecule has 28 heavy (non-hydrogen) atoms. The monoisotopic (exact) mass is 378 g/mol. The number of hydrogen-bond acceptors (Lipinski definition) is 5. The van der Waals surface area contributed by atoms with Gasteiger partial charge in [-0.1, -0.05) is 36.4 Å². The Morgan fingerprint density at radius 2 is 1.79 bits per heavy atom. The molecule has 3 rings (SSSR count). The van der Waals surface area contributed by atoms with Crippen molar-refractivity contribution < 1.29 is 23.5 Å². The first kappa shape index (κ1) is 18.9. The summed E-state index contributed by atoms with van der Waals surface area (Å²) in [4.78, 5) is 36.5. The predicted molar refractivity (Wildman–Crippen MR) is 102 cm³/mol. The van der Waals surface area contributed by atoms with Crippen molar-refractivity contribution in [3.05, 3.63) is 89.4 Å². The zero-order valence-corrected chi connectivity index (χ0v) is 15.0. The molecule has 3 N–H and O–H groups in total. The Morgan fingerprint density at radius 1 is 1.04 bits per heavy atom. The number of benzene rings is 2. The molecular formula is C21H18N2O5. The van der Waals surface area contributed by atoms with Crippen LogP contribution in [0.5, 0.6) is 0 Å². The summed E-state index contributed by atoms with van der Waals surface area (Å²) in [5, 5.41) is 2.68. The van der Waals surface area contributed by atoms with Crippen LogP contribution in [0.25, 0.3) is 0 Å². The second kappa shape index (κ2) is 8.22. The van der Waals surface area contributed by atoms with Crippen LogP contribution in [0, 0.1) is 6.92 Å². The van der Waals surface area contributed by atoms with E-state index in [1.807, 2.05) is 0 Å². The van der Waals surface area contributed by atoms with Gasteiger partial charge in [0.2, 0.25) is 6.10 Å². The van der Waals surface area contributed by atoms with Gasteiger partial charge in [0, 0.05) is 11.3 Å². The van der Waals surface area contributed by atoms with Crippen LogP contribution in [0.1, 0.15) is 38.1 Å². The minimum Gasteiger partial charge on any atom is -0.459 e. The number of furan rings is 1. The summed E-state index contributed by atoms with van der Waals surface area (Å²) in [6, 6.07) is 16.3. The standard InChI is InChI=1S/C21H18N2O5/c1-13-9-10-15(12-16(13)23-20(25)17-8-5-11-27-17)21(26)28-18(19(22)24)14-6-3-2-4-7-14/h2-12,18H,1H3,(H2,22,24)(H,23,25)/t18-/m0/s1. The minimum absolute atomic E-state index is 0.144. The molecule has 0 aliphatic heterocycles. The molecule has 0 spiro atoms. The van der Waals surface area contributed by atoms with E-state index in [0.717, 1.165) is 5.56 Å². The summed E-state index contributed by atoms with van der Waals surface area (Å²) in [5.74, 6) is -1.82. The number of anilines is 1. The number of hydrogen-bond donors (Lipinski definition) is 2. The number of nitrogens with one attached hydrogen (secondary N) is 1. The number of carbonyl (C=O) groups is 3. The molecule has 0 bridgehead atoms. The summed E-state index contributed by atoms with van der Waals surface area (Å²) in [5.41, 5.74) is 7.19. The second-order valence-electron chi connectivity index (χ2n) is 6.06. The maximum atomic E-state index is 12.5. The van der Waals surface area contributed by atoms with Gasteiger partial charge >= 0.3 is 5.97 Å². The van der Waals surface area contributed by atoms with Crippen molar-refractivity contribution in [3.8, 4) is 0 Å². The summed E-state index contributed by atoms with van der Waals surface area (Å²) >= 11 is 0. The van der Waals surface area contributed by atoms with Crippen LogP contribution < -0.4 is 11.1 Å². The Kier molecular flexibility index (Phi) is 5.55. The molecule has 1 atom stereocenters. The number of esters is 1. The van der Waals surface area contributed by atoms with E-state index >= 15 is 0 Å². The lowest BCUT2D eigenvalue weighted by Gasteiger charge is -2.16. The molecule has 0 aliphatic rings. The molecule has 7 nitrogen and oxygen atoms in total. The Bertz CT molecular complexity index is 997. The molecule has 3 aromatic rings. The topological polar surface area (TPSA) is 112 Å². The van der Waals surface area contributed by atoms with E-state index in [4.69, 9.17) is 14.9 Å². The van der Waals surface area contributed by atoms with Gasteiger partial charge in [0.25, 0.3) is 11.8 Å². The number of nitrogens with two attached hydrogens (primary N) is 1. The van der Waals surface area contributed by atoms with Crippen molar-refractivity contribution >= 4 is 23.5 Å². The average Bonchev–Trinajstić information content (AvgIpc) is 3.23. The quantitative estimate of drug-likeness (QED) is 0.640. The summed E-state index contributed by atoms with van der Waals surface area (Å²) in [7, 11) is 0. The van der Waals surface area contributed by atoms with Gasteiger partial charge in [-0.2, -0.15) is 0 Å². The van der Waals surface area contributed by atoms with Crippen LogP contribution in [-0.2, 0) is 9.53 Å². The first-order valence-corrected chi connectivity index (χ1v) is 8.46. The summed E-state index contributed by atoms with van der Waals surface area (Å²) < 4.78 is 10.4. The summed E-state index contributed by atoms with van der Waals surface area (Å²) in [6.07, 6.45) is 0.180. The van der Waals surface area contributed by atoms with Crippen LogP contribution in [0.3, 0.4) is 0 Å². The molecule has 0 fully saturated rings. The molecule has 0 saturated carbocycles. The van der Waals surface area contributed by atoms with Gasteiger partial charge in [-0.3, -0.25) is 9.59 Å². The normalized spacial score (nSPS) is 11.5. The zero-order valence-electron chi connectivity index (χ0n) is 15.0. The van der Waals surface area contributed by atoms with Gasteiger partial charge in [0.1, 0.15) is 0 Å². The van der Waals surface area contributed by atoms with Crippen molar-refractivity contribution in [2.45, 2.75) is 13.0 Å². The largest absolute Gasteiger partial charge is 0.459 e.